The van der Waals surface area contributed by atoms with Gasteiger partial charge in [-0.1, -0.05) is 84.9 Å². The fourth-order valence-corrected chi connectivity index (χ4v) is 4.34. The zero-order chi connectivity index (χ0) is 16.6. The van der Waals surface area contributed by atoms with Gasteiger partial charge >= 0.3 is 0 Å². The molecule has 0 aromatic heterocycles. The van der Waals surface area contributed by atoms with E-state index in [0.717, 1.165) is 0 Å². The van der Waals surface area contributed by atoms with Crippen molar-refractivity contribution in [3.05, 3.63) is 96.1 Å². The van der Waals surface area contributed by atoms with Crippen molar-refractivity contribution in [2.75, 3.05) is 0 Å². The van der Waals surface area contributed by atoms with E-state index in [0.29, 0.717) is 12.1 Å². The third-order valence-electron chi connectivity index (χ3n) is 5.54. The summed E-state index contributed by atoms with van der Waals surface area (Å²) in [5, 5.41) is 9.32. The summed E-state index contributed by atoms with van der Waals surface area (Å²) < 4.78 is 0. The molecule has 0 aliphatic carbocycles. The van der Waals surface area contributed by atoms with Crippen LogP contribution in [0.2, 0.25) is 0 Å². The first-order valence-corrected chi connectivity index (χ1v) is 9.11. The summed E-state index contributed by atoms with van der Waals surface area (Å²) in [6, 6.07) is 31.6. The zero-order valence-electron chi connectivity index (χ0n) is 14.2. The van der Waals surface area contributed by atoms with E-state index in [1.807, 2.05) is 0 Å². The molecule has 1 aliphatic rings. The van der Waals surface area contributed by atoms with Crippen molar-refractivity contribution in [1.29, 1.82) is 0 Å². The van der Waals surface area contributed by atoms with Gasteiger partial charge in [-0.25, -0.2) is 0 Å². The summed E-state index contributed by atoms with van der Waals surface area (Å²) in [4.78, 5) is 0. The van der Waals surface area contributed by atoms with Crippen LogP contribution >= 0.6 is 0 Å². The minimum absolute atomic E-state index is 0.426. The number of fused-ring (bicyclic) bond motifs is 2. The van der Waals surface area contributed by atoms with Crippen molar-refractivity contribution in [1.82, 2.24) is 5.32 Å². The first kappa shape index (κ1) is 14.7. The van der Waals surface area contributed by atoms with Gasteiger partial charge in [-0.05, 0) is 45.5 Å². The Labute approximate surface area is 148 Å². The van der Waals surface area contributed by atoms with Gasteiger partial charge in [0.15, 0.2) is 0 Å². The fraction of sp³-hybridized carbons (Fsp3) is 0.167. The first-order chi connectivity index (χ1) is 12.4. The van der Waals surface area contributed by atoms with Crippen LogP contribution in [0, 0.1) is 0 Å². The SMILES string of the molecule is c1ccc2c([C@@H]3CC[C@@H](c4cccc5ccccc45)N3)cccc2c1. The Morgan fingerprint density at radius 1 is 0.520 bits per heavy atom. The molecule has 0 amide bonds. The molecule has 0 spiro atoms. The smallest absolute Gasteiger partial charge is 0.0332 e. The predicted molar refractivity (Wildman–Crippen MR) is 106 cm³/mol. The van der Waals surface area contributed by atoms with Crippen molar-refractivity contribution < 1.29 is 0 Å². The number of hydrogen-bond donors (Lipinski definition) is 1. The predicted octanol–water partition coefficient (Wildman–Crippen LogP) is 6.16. The highest BCUT2D eigenvalue weighted by Gasteiger charge is 2.27. The van der Waals surface area contributed by atoms with Gasteiger partial charge in [0.1, 0.15) is 0 Å². The molecular weight excluding hydrogens is 302 g/mol. The van der Waals surface area contributed by atoms with Gasteiger partial charge in [0, 0.05) is 12.1 Å². The van der Waals surface area contributed by atoms with E-state index in [2.05, 4.69) is 90.2 Å². The number of nitrogens with one attached hydrogen (secondary N) is 1. The van der Waals surface area contributed by atoms with Crippen molar-refractivity contribution in [2.24, 2.45) is 0 Å². The Kier molecular flexibility index (Phi) is 3.53. The minimum atomic E-state index is 0.426. The van der Waals surface area contributed by atoms with Crippen LogP contribution in [0.25, 0.3) is 21.5 Å². The molecular formula is C24H21N. The van der Waals surface area contributed by atoms with Crippen LogP contribution in [0.4, 0.5) is 0 Å². The minimum Gasteiger partial charge on any atom is -0.303 e. The van der Waals surface area contributed by atoms with Gasteiger partial charge in [-0.2, -0.15) is 0 Å². The maximum atomic E-state index is 3.91. The molecule has 1 aliphatic heterocycles. The lowest BCUT2D eigenvalue weighted by molar-refractivity contribution is 0.580. The maximum absolute atomic E-state index is 3.91. The van der Waals surface area contributed by atoms with Gasteiger partial charge in [0.25, 0.3) is 0 Å². The molecule has 1 fully saturated rings. The molecule has 0 bridgehead atoms. The summed E-state index contributed by atoms with van der Waals surface area (Å²) in [5.41, 5.74) is 2.86. The molecule has 4 aromatic rings. The highest BCUT2D eigenvalue weighted by atomic mass is 15.0. The second kappa shape index (κ2) is 6.02. The Balaban J connectivity index is 1.52. The number of benzene rings is 4. The van der Waals surface area contributed by atoms with E-state index in [4.69, 9.17) is 0 Å². The Morgan fingerprint density at radius 2 is 0.960 bits per heavy atom. The topological polar surface area (TPSA) is 12.0 Å². The third-order valence-corrected chi connectivity index (χ3v) is 5.54. The van der Waals surface area contributed by atoms with Gasteiger partial charge in [-0.15, -0.1) is 0 Å². The third kappa shape index (κ3) is 2.52. The van der Waals surface area contributed by atoms with Gasteiger partial charge in [0.2, 0.25) is 0 Å². The molecule has 4 aromatic carbocycles. The molecule has 0 saturated carbocycles. The maximum Gasteiger partial charge on any atom is 0.0332 e. The molecule has 122 valence electrons. The Morgan fingerprint density at radius 3 is 1.48 bits per heavy atom. The summed E-state index contributed by atoms with van der Waals surface area (Å²) in [5.74, 6) is 0. The molecule has 0 unspecified atom stereocenters. The van der Waals surface area contributed by atoms with Crippen LogP contribution in [-0.4, -0.2) is 0 Å². The van der Waals surface area contributed by atoms with E-state index in [9.17, 15) is 0 Å². The summed E-state index contributed by atoms with van der Waals surface area (Å²) in [6.45, 7) is 0. The fourth-order valence-electron chi connectivity index (χ4n) is 4.34. The van der Waals surface area contributed by atoms with Gasteiger partial charge in [-0.3, -0.25) is 0 Å². The first-order valence-electron chi connectivity index (χ1n) is 9.11. The van der Waals surface area contributed by atoms with Crippen molar-refractivity contribution in [3.63, 3.8) is 0 Å². The second-order valence-electron chi connectivity index (χ2n) is 6.99. The van der Waals surface area contributed by atoms with Crippen LogP contribution in [0.5, 0.6) is 0 Å². The molecule has 1 N–H and O–H groups in total. The van der Waals surface area contributed by atoms with Crippen molar-refractivity contribution in [3.8, 4) is 0 Å². The van der Waals surface area contributed by atoms with Crippen molar-refractivity contribution >= 4 is 21.5 Å². The highest BCUT2D eigenvalue weighted by Crippen LogP contribution is 2.39. The zero-order valence-corrected chi connectivity index (χ0v) is 14.2. The molecule has 1 nitrogen and oxygen atoms in total. The van der Waals surface area contributed by atoms with Crippen molar-refractivity contribution in [2.45, 2.75) is 24.9 Å². The van der Waals surface area contributed by atoms with E-state index < -0.39 is 0 Å². The molecule has 2 atom stereocenters. The quantitative estimate of drug-likeness (QED) is 0.466. The average Bonchev–Trinajstić information content (AvgIpc) is 3.17. The van der Waals surface area contributed by atoms with E-state index in [1.165, 1.54) is 45.5 Å². The standard InChI is InChI=1S/C24H21N/c1-3-11-19-17(7-1)9-5-13-21(19)23-15-16-24(25-23)22-14-6-10-18-8-2-4-12-20(18)22/h1-14,23-25H,15-16H2/t23-,24-/m0/s1. The van der Waals surface area contributed by atoms with E-state index >= 15 is 0 Å². The second-order valence-corrected chi connectivity index (χ2v) is 6.99. The van der Waals surface area contributed by atoms with Crippen LogP contribution < -0.4 is 5.32 Å². The van der Waals surface area contributed by atoms with E-state index in [-0.39, 0.29) is 0 Å². The van der Waals surface area contributed by atoms with Crippen LogP contribution in [0.15, 0.2) is 84.9 Å². The lowest BCUT2D eigenvalue weighted by Gasteiger charge is -2.18. The van der Waals surface area contributed by atoms with E-state index in [1.54, 1.807) is 0 Å². The summed E-state index contributed by atoms with van der Waals surface area (Å²) >= 11 is 0. The largest absolute Gasteiger partial charge is 0.303 e. The molecule has 25 heavy (non-hydrogen) atoms. The summed E-state index contributed by atoms with van der Waals surface area (Å²) in [6.07, 6.45) is 2.36. The Hall–Kier alpha value is -2.64. The lowest BCUT2D eigenvalue weighted by atomic mass is 9.97. The lowest BCUT2D eigenvalue weighted by Crippen LogP contribution is -2.18. The summed E-state index contributed by atoms with van der Waals surface area (Å²) in [7, 11) is 0. The Bertz CT molecular complexity index is 954. The molecule has 1 heteroatoms. The van der Waals surface area contributed by atoms with Crippen LogP contribution in [-0.2, 0) is 0 Å². The molecule has 5 rings (SSSR count). The molecule has 1 saturated heterocycles. The number of rotatable bonds is 2. The van der Waals surface area contributed by atoms with Crippen LogP contribution in [0.3, 0.4) is 0 Å². The van der Waals surface area contributed by atoms with Gasteiger partial charge in [0.05, 0.1) is 0 Å². The van der Waals surface area contributed by atoms with Crippen LogP contribution in [0.1, 0.15) is 36.1 Å². The monoisotopic (exact) mass is 323 g/mol. The van der Waals surface area contributed by atoms with Gasteiger partial charge < -0.3 is 5.32 Å². The normalized spacial score (nSPS) is 20.3. The number of hydrogen-bond acceptors (Lipinski definition) is 1. The molecule has 0 radical (unpaired) electrons. The molecule has 1 heterocycles. The highest BCUT2D eigenvalue weighted by molar-refractivity contribution is 5.87. The average molecular weight is 323 g/mol.